The topological polar surface area (TPSA) is 8.17 Å². The molecule has 52 heavy (non-hydrogen) atoms. The van der Waals surface area contributed by atoms with E-state index in [1.54, 1.807) is 0 Å². The van der Waals surface area contributed by atoms with Crippen molar-refractivity contribution in [3.8, 4) is 33.4 Å². The summed E-state index contributed by atoms with van der Waals surface area (Å²) < 4.78 is 2.49. The van der Waals surface area contributed by atoms with Crippen LogP contribution < -0.4 is 4.90 Å². The minimum Gasteiger partial charge on any atom is -0.335 e. The highest BCUT2D eigenvalue weighted by atomic mass is 15.1. The molecule has 250 valence electrons. The summed E-state index contributed by atoms with van der Waals surface area (Å²) in [6.07, 6.45) is 0. The Kier molecular flexibility index (Phi) is 7.74. The second-order valence-electron chi connectivity index (χ2n) is 14.6. The van der Waals surface area contributed by atoms with Crippen molar-refractivity contribution in [2.75, 3.05) is 4.90 Å². The van der Waals surface area contributed by atoms with Crippen LogP contribution in [0.4, 0.5) is 17.1 Å². The van der Waals surface area contributed by atoms with E-state index in [0.29, 0.717) is 0 Å². The van der Waals surface area contributed by atoms with Gasteiger partial charge < -0.3 is 9.47 Å². The van der Waals surface area contributed by atoms with Crippen LogP contribution >= 0.6 is 0 Å². The number of para-hydroxylation sites is 2. The van der Waals surface area contributed by atoms with Crippen molar-refractivity contribution < 1.29 is 0 Å². The molecule has 0 atom stereocenters. The van der Waals surface area contributed by atoms with Crippen LogP contribution in [0.1, 0.15) is 20.8 Å². The van der Waals surface area contributed by atoms with Gasteiger partial charge in [-0.1, -0.05) is 152 Å². The summed E-state index contributed by atoms with van der Waals surface area (Å²) >= 11 is 0. The Hall–Kier alpha value is -6.38. The second kappa shape index (κ2) is 12.7. The van der Waals surface area contributed by atoms with Crippen LogP contribution in [-0.2, 0) is 5.54 Å². The summed E-state index contributed by atoms with van der Waals surface area (Å²) in [4.78, 5) is 2.45. The van der Waals surface area contributed by atoms with Crippen molar-refractivity contribution in [2.45, 2.75) is 26.3 Å². The largest absolute Gasteiger partial charge is 0.335 e. The third-order valence-corrected chi connectivity index (χ3v) is 10.2. The van der Waals surface area contributed by atoms with Crippen molar-refractivity contribution in [1.29, 1.82) is 0 Å². The molecule has 0 saturated carbocycles. The molecule has 8 aromatic carbocycles. The van der Waals surface area contributed by atoms with Crippen LogP contribution in [0.25, 0.3) is 66.0 Å². The Morgan fingerprint density at radius 1 is 0.404 bits per heavy atom. The summed E-state index contributed by atoms with van der Waals surface area (Å²) in [5.41, 5.74) is 13.0. The van der Waals surface area contributed by atoms with E-state index in [4.69, 9.17) is 0 Å². The molecule has 0 bridgehead atoms. The number of hydrogen-bond donors (Lipinski definition) is 0. The Morgan fingerprint density at radius 3 is 1.75 bits per heavy atom. The van der Waals surface area contributed by atoms with E-state index >= 15 is 0 Å². The van der Waals surface area contributed by atoms with Crippen LogP contribution in [0, 0.1) is 0 Å². The Balaban J connectivity index is 1.25. The fraction of sp³-hybridized carbons (Fsp3) is 0.0800. The maximum absolute atomic E-state index is 2.49. The quantitative estimate of drug-likeness (QED) is 0.171. The number of hydrogen-bond acceptors (Lipinski definition) is 1. The number of nitrogens with zero attached hydrogens (tertiary/aromatic N) is 2. The maximum Gasteiger partial charge on any atom is 0.0546 e. The SMILES string of the molecule is CC(C)(C)n1c2ccccc2c2ccc(-c3ccc(N(c4ccccc4-c4ccccc4)c4ccc5ccccc5c4-c4ccccc4)cc3)cc21. The fourth-order valence-electron chi connectivity index (χ4n) is 7.97. The highest BCUT2D eigenvalue weighted by molar-refractivity contribution is 6.10. The zero-order chi connectivity index (χ0) is 35.2. The molecule has 0 aliphatic rings. The summed E-state index contributed by atoms with van der Waals surface area (Å²) in [5.74, 6) is 0. The second-order valence-corrected chi connectivity index (χ2v) is 14.6. The van der Waals surface area contributed by atoms with Crippen LogP contribution in [0.2, 0.25) is 0 Å². The van der Waals surface area contributed by atoms with Crippen molar-refractivity contribution in [2.24, 2.45) is 0 Å². The minimum atomic E-state index is -0.0627. The van der Waals surface area contributed by atoms with E-state index in [1.165, 1.54) is 66.0 Å². The highest BCUT2D eigenvalue weighted by Crippen LogP contribution is 2.47. The lowest BCUT2D eigenvalue weighted by Gasteiger charge is -2.30. The van der Waals surface area contributed by atoms with Gasteiger partial charge in [-0.25, -0.2) is 0 Å². The Morgan fingerprint density at radius 2 is 1.00 bits per heavy atom. The molecule has 1 heterocycles. The Bertz CT molecular complexity index is 2700. The van der Waals surface area contributed by atoms with Crippen LogP contribution in [-0.4, -0.2) is 4.57 Å². The van der Waals surface area contributed by atoms with Gasteiger partial charge in [-0.3, -0.25) is 0 Å². The molecule has 9 aromatic rings. The van der Waals surface area contributed by atoms with Crippen LogP contribution in [0.3, 0.4) is 0 Å². The molecule has 2 heteroatoms. The lowest BCUT2D eigenvalue weighted by molar-refractivity contribution is 0.423. The van der Waals surface area contributed by atoms with E-state index in [-0.39, 0.29) is 5.54 Å². The van der Waals surface area contributed by atoms with Gasteiger partial charge >= 0.3 is 0 Å². The van der Waals surface area contributed by atoms with Crippen LogP contribution in [0.5, 0.6) is 0 Å². The molecule has 0 aliphatic carbocycles. The zero-order valence-electron chi connectivity index (χ0n) is 29.8. The molecular formula is C50H40N2. The molecule has 0 N–H and O–H groups in total. The average molecular weight is 669 g/mol. The standard InChI is InChI=1S/C50H40N2/c1-50(2,3)52-46-25-15-13-23-43(46)44-32-28-39(34-48(44)52)35-26-30-40(31-27-35)51(45-24-14-12-21-41(45)36-16-6-4-7-17-36)47-33-29-37-18-10-11-22-42(37)49(47)38-19-8-5-9-20-38/h4-34H,1-3H3. The van der Waals surface area contributed by atoms with Crippen molar-refractivity contribution in [1.82, 2.24) is 4.57 Å². The minimum absolute atomic E-state index is 0.0627. The predicted octanol–water partition coefficient (Wildman–Crippen LogP) is 14.2. The molecule has 0 saturated heterocycles. The van der Waals surface area contributed by atoms with Crippen LogP contribution in [0.15, 0.2) is 188 Å². The molecule has 9 rings (SSSR count). The molecule has 2 nitrogen and oxygen atoms in total. The maximum atomic E-state index is 2.49. The number of aromatic nitrogens is 1. The van der Waals surface area contributed by atoms with Gasteiger partial charge in [0.25, 0.3) is 0 Å². The summed E-state index contributed by atoms with van der Waals surface area (Å²) in [6, 6.07) is 68.4. The van der Waals surface area contributed by atoms with Gasteiger partial charge in [-0.05, 0) is 90.2 Å². The molecule has 1 aromatic heterocycles. The molecular weight excluding hydrogens is 629 g/mol. The van der Waals surface area contributed by atoms with Gasteiger partial charge in [0, 0.05) is 38.6 Å². The van der Waals surface area contributed by atoms with Gasteiger partial charge in [0.1, 0.15) is 0 Å². The van der Waals surface area contributed by atoms with E-state index in [0.717, 1.165) is 17.1 Å². The van der Waals surface area contributed by atoms with Gasteiger partial charge in [-0.15, -0.1) is 0 Å². The van der Waals surface area contributed by atoms with Gasteiger partial charge in [0.2, 0.25) is 0 Å². The number of benzene rings is 8. The van der Waals surface area contributed by atoms with Crippen molar-refractivity contribution >= 4 is 49.6 Å². The van der Waals surface area contributed by atoms with Crippen molar-refractivity contribution in [3.63, 3.8) is 0 Å². The molecule has 0 aliphatic heterocycles. The molecule has 0 radical (unpaired) electrons. The summed E-state index contributed by atoms with van der Waals surface area (Å²) in [5, 5.41) is 5.04. The van der Waals surface area contributed by atoms with Crippen molar-refractivity contribution in [3.05, 3.63) is 188 Å². The first kappa shape index (κ1) is 31.6. The third kappa shape index (κ3) is 5.45. The molecule has 0 unspecified atom stereocenters. The highest BCUT2D eigenvalue weighted by Gasteiger charge is 2.23. The van der Waals surface area contributed by atoms with Gasteiger partial charge in [-0.2, -0.15) is 0 Å². The van der Waals surface area contributed by atoms with Gasteiger partial charge in [0.15, 0.2) is 0 Å². The first-order valence-corrected chi connectivity index (χ1v) is 18.1. The summed E-state index contributed by atoms with van der Waals surface area (Å²) in [7, 11) is 0. The smallest absolute Gasteiger partial charge is 0.0546 e. The van der Waals surface area contributed by atoms with E-state index in [1.807, 2.05) is 0 Å². The number of rotatable bonds is 6. The third-order valence-electron chi connectivity index (χ3n) is 10.2. The molecule has 0 fully saturated rings. The monoisotopic (exact) mass is 668 g/mol. The first-order chi connectivity index (χ1) is 25.5. The molecule has 0 spiro atoms. The van der Waals surface area contributed by atoms with E-state index in [9.17, 15) is 0 Å². The van der Waals surface area contributed by atoms with E-state index in [2.05, 4.69) is 218 Å². The normalized spacial score (nSPS) is 11.8. The number of fused-ring (bicyclic) bond motifs is 4. The zero-order valence-corrected chi connectivity index (χ0v) is 29.8. The average Bonchev–Trinajstić information content (AvgIpc) is 3.53. The van der Waals surface area contributed by atoms with E-state index < -0.39 is 0 Å². The predicted molar refractivity (Wildman–Crippen MR) is 223 cm³/mol. The summed E-state index contributed by atoms with van der Waals surface area (Å²) in [6.45, 7) is 6.87. The molecule has 0 amide bonds. The lowest BCUT2D eigenvalue weighted by atomic mass is 9.94. The van der Waals surface area contributed by atoms with Gasteiger partial charge in [0.05, 0.1) is 16.9 Å². The fourth-order valence-corrected chi connectivity index (χ4v) is 7.97. The number of anilines is 3. The lowest BCUT2D eigenvalue weighted by Crippen LogP contribution is -2.21. The first-order valence-electron chi connectivity index (χ1n) is 18.1. The Labute approximate surface area is 305 Å².